The molecule has 0 spiro atoms. The highest BCUT2D eigenvalue weighted by atomic mass is 35.5. The number of carbonyl (C=O) groups is 1. The van der Waals surface area contributed by atoms with Crippen LogP contribution in [0.25, 0.3) is 0 Å². The Bertz CT molecular complexity index is 453. The van der Waals surface area contributed by atoms with Gasteiger partial charge in [-0.05, 0) is 37.5 Å². The molecule has 1 saturated heterocycles. The molecule has 1 amide bonds. The fraction of sp³-hybridized carbons (Fsp3) is 0.462. The number of benzene rings is 1. The maximum Gasteiger partial charge on any atom is 0.254 e. The molecule has 2 rings (SSSR count). The molecule has 0 aromatic heterocycles. The summed E-state index contributed by atoms with van der Waals surface area (Å²) in [4.78, 5) is 14.1. The van der Waals surface area contributed by atoms with E-state index in [1.54, 1.807) is 4.90 Å². The highest BCUT2D eigenvalue weighted by Gasteiger charge is 2.26. The molecule has 0 saturated carbocycles. The monoisotopic (exact) mass is 270 g/mol. The number of carbonyl (C=O) groups excluding carboxylic acids is 1. The van der Waals surface area contributed by atoms with Crippen LogP contribution in [0.5, 0.6) is 0 Å². The largest absolute Gasteiger partial charge is 0.334 e. The Morgan fingerprint density at radius 1 is 1.50 bits per heavy atom. The second-order valence-corrected chi connectivity index (χ2v) is 4.92. The Morgan fingerprint density at radius 2 is 2.28 bits per heavy atom. The number of piperidine rings is 1. The van der Waals surface area contributed by atoms with Crippen LogP contribution in [0, 0.1) is 5.82 Å². The van der Waals surface area contributed by atoms with E-state index in [0.29, 0.717) is 18.7 Å². The lowest BCUT2D eigenvalue weighted by atomic mass is 10.0. The number of likely N-dealkylation sites (tertiary alicyclic amines) is 1. The average molecular weight is 271 g/mol. The van der Waals surface area contributed by atoms with Crippen molar-refractivity contribution >= 4 is 17.5 Å². The predicted octanol–water partition coefficient (Wildman–Crippen LogP) is 2.43. The van der Waals surface area contributed by atoms with Gasteiger partial charge in [-0.3, -0.25) is 4.79 Å². The van der Waals surface area contributed by atoms with E-state index >= 15 is 0 Å². The first-order chi connectivity index (χ1) is 8.63. The Morgan fingerprint density at radius 3 is 2.94 bits per heavy atom. The zero-order chi connectivity index (χ0) is 13.1. The molecule has 98 valence electrons. The quantitative estimate of drug-likeness (QED) is 0.897. The molecule has 1 unspecified atom stereocenters. The van der Waals surface area contributed by atoms with E-state index in [1.165, 1.54) is 18.2 Å². The fourth-order valence-electron chi connectivity index (χ4n) is 2.31. The smallest absolute Gasteiger partial charge is 0.254 e. The van der Waals surface area contributed by atoms with Crippen molar-refractivity contribution in [2.24, 2.45) is 5.73 Å². The van der Waals surface area contributed by atoms with Crippen molar-refractivity contribution in [1.29, 1.82) is 0 Å². The SMILES string of the molecule is NCC1CCCCN1C(=O)c1ccc(F)c(Cl)c1. The first kappa shape index (κ1) is 13.3. The molecule has 3 nitrogen and oxygen atoms in total. The van der Waals surface area contributed by atoms with Gasteiger partial charge in [0.15, 0.2) is 0 Å². The van der Waals surface area contributed by atoms with E-state index in [1.807, 2.05) is 0 Å². The van der Waals surface area contributed by atoms with E-state index in [-0.39, 0.29) is 17.0 Å². The van der Waals surface area contributed by atoms with Gasteiger partial charge in [-0.25, -0.2) is 4.39 Å². The topological polar surface area (TPSA) is 46.3 Å². The van der Waals surface area contributed by atoms with Gasteiger partial charge in [0.1, 0.15) is 5.82 Å². The van der Waals surface area contributed by atoms with Crippen LogP contribution in [-0.2, 0) is 0 Å². The summed E-state index contributed by atoms with van der Waals surface area (Å²) in [7, 11) is 0. The highest BCUT2D eigenvalue weighted by molar-refractivity contribution is 6.31. The zero-order valence-electron chi connectivity index (χ0n) is 10.0. The molecule has 18 heavy (non-hydrogen) atoms. The van der Waals surface area contributed by atoms with Crippen LogP contribution >= 0.6 is 11.6 Å². The van der Waals surface area contributed by atoms with Crippen LogP contribution in [-0.4, -0.2) is 29.9 Å². The standard InChI is InChI=1S/C13H16ClFN2O/c14-11-7-9(4-5-12(11)15)13(18)17-6-2-1-3-10(17)8-16/h4-5,7,10H,1-3,6,8,16H2. The number of nitrogens with zero attached hydrogens (tertiary/aromatic N) is 1. The highest BCUT2D eigenvalue weighted by Crippen LogP contribution is 2.21. The minimum atomic E-state index is -0.512. The van der Waals surface area contributed by atoms with Crippen molar-refractivity contribution in [2.75, 3.05) is 13.1 Å². The van der Waals surface area contributed by atoms with Gasteiger partial charge in [-0.1, -0.05) is 11.6 Å². The Kier molecular flexibility index (Phi) is 4.19. The van der Waals surface area contributed by atoms with E-state index in [9.17, 15) is 9.18 Å². The molecule has 1 aliphatic rings. The molecule has 2 N–H and O–H groups in total. The second-order valence-electron chi connectivity index (χ2n) is 4.51. The lowest BCUT2D eigenvalue weighted by Crippen LogP contribution is -2.47. The normalized spacial score (nSPS) is 19.9. The lowest BCUT2D eigenvalue weighted by molar-refractivity contribution is 0.0623. The van der Waals surface area contributed by atoms with Crippen LogP contribution in [0.3, 0.4) is 0 Å². The van der Waals surface area contributed by atoms with E-state index < -0.39 is 5.82 Å². The van der Waals surface area contributed by atoms with Crippen LogP contribution in [0.15, 0.2) is 18.2 Å². The van der Waals surface area contributed by atoms with Gasteiger partial charge >= 0.3 is 0 Å². The van der Waals surface area contributed by atoms with E-state index in [4.69, 9.17) is 17.3 Å². The molecule has 0 radical (unpaired) electrons. The van der Waals surface area contributed by atoms with Gasteiger partial charge in [0.2, 0.25) is 0 Å². The fourth-order valence-corrected chi connectivity index (χ4v) is 2.49. The summed E-state index contributed by atoms with van der Waals surface area (Å²) in [5.74, 6) is -0.630. The van der Waals surface area contributed by atoms with Crippen molar-refractivity contribution in [2.45, 2.75) is 25.3 Å². The summed E-state index contributed by atoms with van der Waals surface area (Å²) >= 11 is 5.70. The first-order valence-electron chi connectivity index (χ1n) is 6.09. The maximum absolute atomic E-state index is 13.1. The number of rotatable bonds is 2. The van der Waals surface area contributed by atoms with Crippen molar-refractivity contribution in [3.05, 3.63) is 34.6 Å². The molecular formula is C13H16ClFN2O. The molecule has 5 heteroatoms. The first-order valence-corrected chi connectivity index (χ1v) is 6.47. The average Bonchev–Trinajstić information content (AvgIpc) is 2.41. The minimum Gasteiger partial charge on any atom is -0.334 e. The Balaban J connectivity index is 2.21. The van der Waals surface area contributed by atoms with E-state index in [2.05, 4.69) is 0 Å². The number of hydrogen-bond acceptors (Lipinski definition) is 2. The molecule has 1 aromatic rings. The molecule has 1 aromatic carbocycles. The van der Waals surface area contributed by atoms with Crippen molar-refractivity contribution in [3.63, 3.8) is 0 Å². The van der Waals surface area contributed by atoms with Crippen LogP contribution in [0.4, 0.5) is 4.39 Å². The van der Waals surface area contributed by atoms with Crippen LogP contribution < -0.4 is 5.73 Å². The molecule has 1 atom stereocenters. The third-order valence-corrected chi connectivity index (χ3v) is 3.62. The van der Waals surface area contributed by atoms with Gasteiger partial charge in [-0.15, -0.1) is 0 Å². The van der Waals surface area contributed by atoms with Gasteiger partial charge in [0.05, 0.1) is 5.02 Å². The molecule has 1 heterocycles. The van der Waals surface area contributed by atoms with Gasteiger partial charge < -0.3 is 10.6 Å². The van der Waals surface area contributed by atoms with Gasteiger partial charge in [-0.2, -0.15) is 0 Å². The number of hydrogen-bond donors (Lipinski definition) is 1. The van der Waals surface area contributed by atoms with E-state index in [0.717, 1.165) is 19.3 Å². The summed E-state index contributed by atoms with van der Waals surface area (Å²) in [6.45, 7) is 1.16. The minimum absolute atomic E-state index is 0.0258. The van der Waals surface area contributed by atoms with Crippen molar-refractivity contribution in [3.8, 4) is 0 Å². The van der Waals surface area contributed by atoms with Crippen LogP contribution in [0.2, 0.25) is 5.02 Å². The number of amides is 1. The number of halogens is 2. The summed E-state index contributed by atoms with van der Waals surface area (Å²) in [5.41, 5.74) is 6.10. The number of nitrogens with two attached hydrogens (primary N) is 1. The second kappa shape index (κ2) is 5.67. The van der Waals surface area contributed by atoms with Gasteiger partial charge in [0, 0.05) is 24.7 Å². The molecule has 0 bridgehead atoms. The predicted molar refractivity (Wildman–Crippen MR) is 69.1 cm³/mol. The van der Waals surface area contributed by atoms with Crippen molar-refractivity contribution in [1.82, 2.24) is 4.90 Å². The summed E-state index contributed by atoms with van der Waals surface area (Å²) in [6, 6.07) is 4.14. The van der Waals surface area contributed by atoms with Crippen molar-refractivity contribution < 1.29 is 9.18 Å². The Labute approximate surface area is 111 Å². The molecule has 1 aliphatic heterocycles. The summed E-state index contributed by atoms with van der Waals surface area (Å²) in [6.07, 6.45) is 3.00. The third-order valence-electron chi connectivity index (χ3n) is 3.33. The zero-order valence-corrected chi connectivity index (χ0v) is 10.8. The summed E-state index contributed by atoms with van der Waals surface area (Å²) in [5, 5.41) is -0.0258. The summed E-state index contributed by atoms with van der Waals surface area (Å²) < 4.78 is 13.1. The van der Waals surface area contributed by atoms with Gasteiger partial charge in [0.25, 0.3) is 5.91 Å². The maximum atomic E-state index is 13.1. The lowest BCUT2D eigenvalue weighted by Gasteiger charge is -2.35. The van der Waals surface area contributed by atoms with Crippen LogP contribution in [0.1, 0.15) is 29.6 Å². The molecule has 0 aliphatic carbocycles. The Hall–Kier alpha value is -1.13. The third kappa shape index (κ3) is 2.65. The molecule has 1 fully saturated rings. The molecular weight excluding hydrogens is 255 g/mol.